The first-order valence-electron chi connectivity index (χ1n) is 16.5. The summed E-state index contributed by atoms with van der Waals surface area (Å²) in [6.07, 6.45) is 4.34. The molecule has 5 aromatic rings. The fourth-order valence-corrected chi connectivity index (χ4v) is 8.08. The first kappa shape index (κ1) is 34.7. The van der Waals surface area contributed by atoms with Crippen molar-refractivity contribution >= 4 is 74.3 Å². The molecule has 0 spiro atoms. The van der Waals surface area contributed by atoms with E-state index in [4.69, 9.17) is 4.74 Å². The van der Waals surface area contributed by atoms with E-state index < -0.39 is 17.8 Å². The highest BCUT2D eigenvalue weighted by Crippen LogP contribution is 2.40. The lowest BCUT2D eigenvalue weighted by molar-refractivity contribution is -0.114. The number of ether oxygens (including phenoxy) is 1. The maximum absolute atomic E-state index is 13.7. The molecule has 3 N–H and O–H groups in total. The topological polar surface area (TPSA) is 114 Å². The van der Waals surface area contributed by atoms with Crippen LogP contribution in [0.25, 0.3) is 16.8 Å². The number of fused-ring (bicyclic) bond motifs is 2. The molecule has 0 saturated carbocycles. The van der Waals surface area contributed by atoms with E-state index in [1.54, 1.807) is 55.5 Å². The number of amides is 3. The van der Waals surface area contributed by atoms with Gasteiger partial charge >= 0.3 is 5.97 Å². The molecule has 0 aliphatic heterocycles. The Balaban J connectivity index is 1.17. The van der Waals surface area contributed by atoms with Crippen LogP contribution in [0.1, 0.15) is 57.0 Å². The van der Waals surface area contributed by atoms with Gasteiger partial charge in [-0.2, -0.15) is 0 Å². The smallest absolute Gasteiger partial charge is 0.341 e. The number of anilines is 2. The molecule has 1 aliphatic rings. The number of carbonyl (C=O) groups excluding carboxylic acids is 4. The number of nitrogens with one attached hydrogen (secondary N) is 3. The average molecular weight is 704 g/mol. The molecule has 3 amide bonds. The van der Waals surface area contributed by atoms with Crippen molar-refractivity contribution in [3.05, 3.63) is 130 Å². The number of thioether (sulfide) groups is 1. The predicted molar refractivity (Wildman–Crippen MR) is 202 cm³/mol. The summed E-state index contributed by atoms with van der Waals surface area (Å²) in [5.74, 6) is -0.935. The normalized spacial score (nSPS) is 14.0. The van der Waals surface area contributed by atoms with Crippen molar-refractivity contribution in [2.24, 2.45) is 5.92 Å². The van der Waals surface area contributed by atoms with Crippen LogP contribution in [0.15, 0.2) is 108 Å². The molecule has 8 nitrogen and oxygen atoms in total. The minimum Gasteiger partial charge on any atom is -0.462 e. The van der Waals surface area contributed by atoms with Gasteiger partial charge in [0.2, 0.25) is 5.91 Å². The van der Waals surface area contributed by atoms with Crippen LogP contribution in [0, 0.1) is 5.92 Å². The number of esters is 1. The van der Waals surface area contributed by atoms with E-state index in [2.05, 4.69) is 22.9 Å². The van der Waals surface area contributed by atoms with Gasteiger partial charge in [-0.05, 0) is 90.4 Å². The van der Waals surface area contributed by atoms with Gasteiger partial charge in [-0.15, -0.1) is 23.1 Å². The van der Waals surface area contributed by atoms with Crippen molar-refractivity contribution in [2.75, 3.05) is 23.0 Å². The van der Waals surface area contributed by atoms with Gasteiger partial charge < -0.3 is 20.7 Å². The Bertz CT molecular complexity index is 2080. The number of hydrogen-bond donors (Lipinski definition) is 3. The highest BCUT2D eigenvalue weighted by Gasteiger charge is 2.29. The van der Waals surface area contributed by atoms with Crippen LogP contribution in [0.4, 0.5) is 10.7 Å². The fourth-order valence-electron chi connectivity index (χ4n) is 5.91. The van der Waals surface area contributed by atoms with E-state index >= 15 is 0 Å². The largest absolute Gasteiger partial charge is 0.462 e. The number of thiophene rings is 1. The van der Waals surface area contributed by atoms with Crippen molar-refractivity contribution in [3.8, 4) is 0 Å². The molecule has 0 radical (unpaired) electrons. The SMILES string of the molecule is CCOC(=O)c1c(NC(=O)CSc2cccc(NC(=O)/C(=C\c3cccc4ccccc34)NC(=O)c3ccccc3)c2)sc2c1CCC(C)C2. The molecule has 10 heteroatoms. The van der Waals surface area contributed by atoms with Gasteiger partial charge in [-0.1, -0.05) is 73.7 Å². The number of carbonyl (C=O) groups is 4. The minimum absolute atomic E-state index is 0.0816. The van der Waals surface area contributed by atoms with Crippen molar-refractivity contribution in [3.63, 3.8) is 0 Å². The molecule has 6 rings (SSSR count). The van der Waals surface area contributed by atoms with Crippen molar-refractivity contribution in [1.29, 1.82) is 0 Å². The first-order chi connectivity index (χ1) is 24.3. The standard InChI is InChI=1S/C40H37N3O5S2/c1-3-48-40(47)36-32-20-19-25(2)21-34(32)50-39(36)43-35(44)24-49-30-17-10-16-29(23-30)41-38(46)33(42-37(45)27-12-5-4-6-13-27)22-28-15-9-14-26-11-7-8-18-31(26)28/h4-18,22-23,25H,3,19-21,24H2,1-2H3,(H,41,46)(H,42,45)(H,43,44)/b33-22+. The van der Waals surface area contributed by atoms with Gasteiger partial charge in [0.1, 0.15) is 10.7 Å². The summed E-state index contributed by atoms with van der Waals surface area (Å²) < 4.78 is 5.34. The summed E-state index contributed by atoms with van der Waals surface area (Å²) in [5.41, 5.74) is 3.26. The lowest BCUT2D eigenvalue weighted by atomic mass is 9.88. The zero-order valence-corrected chi connectivity index (χ0v) is 29.4. The monoisotopic (exact) mass is 703 g/mol. The fraction of sp³-hybridized carbons (Fsp3) is 0.200. The van der Waals surface area contributed by atoms with E-state index in [1.165, 1.54) is 23.1 Å². The third-order valence-electron chi connectivity index (χ3n) is 8.36. The zero-order chi connectivity index (χ0) is 35.0. The van der Waals surface area contributed by atoms with Gasteiger partial charge in [-0.25, -0.2) is 4.79 Å². The van der Waals surface area contributed by atoms with Gasteiger partial charge in [0.15, 0.2) is 0 Å². The predicted octanol–water partition coefficient (Wildman–Crippen LogP) is 8.34. The van der Waals surface area contributed by atoms with E-state index in [0.717, 1.165) is 50.9 Å². The van der Waals surface area contributed by atoms with E-state index in [1.807, 2.05) is 54.6 Å². The number of rotatable bonds is 11. The Kier molecular flexibility index (Phi) is 11.1. The maximum Gasteiger partial charge on any atom is 0.341 e. The van der Waals surface area contributed by atoms with Crippen molar-refractivity contribution < 1.29 is 23.9 Å². The Morgan fingerprint density at radius 3 is 2.50 bits per heavy atom. The summed E-state index contributed by atoms with van der Waals surface area (Å²) in [6.45, 7) is 4.23. The molecule has 0 bridgehead atoms. The Hall–Kier alpha value is -5.19. The molecule has 1 atom stereocenters. The summed E-state index contributed by atoms with van der Waals surface area (Å²) in [5, 5.41) is 11.2. The third kappa shape index (κ3) is 8.33. The quantitative estimate of drug-likeness (QED) is 0.0724. The molecular formula is C40H37N3O5S2. The minimum atomic E-state index is -0.496. The molecule has 1 heterocycles. The lowest BCUT2D eigenvalue weighted by Crippen LogP contribution is -2.30. The van der Waals surface area contributed by atoms with E-state index in [0.29, 0.717) is 27.7 Å². The molecule has 0 saturated heterocycles. The van der Waals surface area contributed by atoms with Crippen LogP contribution in [-0.2, 0) is 27.2 Å². The summed E-state index contributed by atoms with van der Waals surface area (Å²) in [7, 11) is 0. The highest BCUT2D eigenvalue weighted by atomic mass is 32.2. The molecule has 50 heavy (non-hydrogen) atoms. The van der Waals surface area contributed by atoms with Gasteiger partial charge in [0.25, 0.3) is 11.8 Å². The second-order valence-electron chi connectivity index (χ2n) is 12.0. The summed E-state index contributed by atoms with van der Waals surface area (Å²) in [6, 6.07) is 29.5. The molecule has 0 fully saturated rings. The van der Waals surface area contributed by atoms with E-state index in [9.17, 15) is 19.2 Å². The number of benzene rings is 4. The highest BCUT2D eigenvalue weighted by molar-refractivity contribution is 8.00. The first-order valence-corrected chi connectivity index (χ1v) is 18.3. The van der Waals surface area contributed by atoms with Crippen LogP contribution in [0.2, 0.25) is 0 Å². The Morgan fingerprint density at radius 2 is 1.68 bits per heavy atom. The maximum atomic E-state index is 13.7. The molecule has 1 unspecified atom stereocenters. The van der Waals surface area contributed by atoms with Crippen LogP contribution < -0.4 is 16.0 Å². The van der Waals surface area contributed by atoms with Crippen molar-refractivity contribution in [2.45, 2.75) is 38.0 Å². The number of hydrogen-bond acceptors (Lipinski definition) is 7. The molecular weight excluding hydrogens is 667 g/mol. The van der Waals surface area contributed by atoms with Crippen LogP contribution in [0.5, 0.6) is 0 Å². The second kappa shape index (κ2) is 16.0. The van der Waals surface area contributed by atoms with Crippen LogP contribution in [0.3, 0.4) is 0 Å². The van der Waals surface area contributed by atoms with Gasteiger partial charge in [-0.3, -0.25) is 14.4 Å². The lowest BCUT2D eigenvalue weighted by Gasteiger charge is -2.18. The molecule has 1 aliphatic carbocycles. The Morgan fingerprint density at radius 1 is 0.920 bits per heavy atom. The average Bonchev–Trinajstić information content (AvgIpc) is 3.47. The van der Waals surface area contributed by atoms with Crippen molar-refractivity contribution in [1.82, 2.24) is 5.32 Å². The van der Waals surface area contributed by atoms with Gasteiger partial charge in [0, 0.05) is 21.0 Å². The molecule has 1 aromatic heterocycles. The summed E-state index contributed by atoms with van der Waals surface area (Å²) in [4.78, 5) is 54.8. The van der Waals surface area contributed by atoms with E-state index in [-0.39, 0.29) is 24.0 Å². The zero-order valence-electron chi connectivity index (χ0n) is 27.8. The van der Waals surface area contributed by atoms with Gasteiger partial charge in [0.05, 0.1) is 17.9 Å². The van der Waals surface area contributed by atoms with Crippen LogP contribution >= 0.6 is 23.1 Å². The second-order valence-corrected chi connectivity index (χ2v) is 14.2. The summed E-state index contributed by atoms with van der Waals surface area (Å²) >= 11 is 2.77. The van der Waals surface area contributed by atoms with Crippen LogP contribution in [-0.4, -0.2) is 36.1 Å². The molecule has 4 aromatic carbocycles. The third-order valence-corrected chi connectivity index (χ3v) is 10.5. The molecule has 254 valence electrons. The Labute approximate surface area is 299 Å².